The molecule has 0 fully saturated rings. The maximum atomic E-state index is 8.47. The van der Waals surface area contributed by atoms with E-state index in [1.54, 1.807) is 0 Å². The van der Waals surface area contributed by atoms with Gasteiger partial charge in [0.15, 0.2) is 0 Å². The highest BCUT2D eigenvalue weighted by Gasteiger charge is 1.80. The fraction of sp³-hybridized carbons (Fsp3) is 0.636. The van der Waals surface area contributed by atoms with Gasteiger partial charge in [0, 0.05) is 26.1 Å². The van der Waals surface area contributed by atoms with Crippen LogP contribution in [0, 0.1) is 23.7 Å². The Labute approximate surface area is 80.0 Å². The van der Waals surface area contributed by atoms with E-state index in [9.17, 15) is 0 Å². The Kier molecular flexibility index (Phi) is 10.2. The quantitative estimate of drug-likeness (QED) is 0.488. The first-order valence-electron chi connectivity index (χ1n) is 4.59. The summed E-state index contributed by atoms with van der Waals surface area (Å²) >= 11 is 0. The second-order valence-corrected chi connectivity index (χ2v) is 2.61. The fourth-order valence-corrected chi connectivity index (χ4v) is 0.706. The molecule has 0 atom stereocenters. The van der Waals surface area contributed by atoms with Gasteiger partial charge in [-0.05, 0) is 31.1 Å². The van der Waals surface area contributed by atoms with Crippen molar-refractivity contribution in [1.82, 2.24) is 0 Å². The Hall–Kier alpha value is -0.960. The lowest BCUT2D eigenvalue weighted by Crippen LogP contribution is -1.80. The predicted octanol–water partition coefficient (Wildman–Crippen LogP) is 0.928. The van der Waals surface area contributed by atoms with E-state index in [0.29, 0.717) is 6.42 Å². The molecule has 13 heavy (non-hydrogen) atoms. The number of hydrogen-bond donors (Lipinski definition) is 2. The second kappa shape index (κ2) is 11.0. The minimum atomic E-state index is 0.193. The fourth-order valence-electron chi connectivity index (χ4n) is 0.706. The number of aliphatic hydroxyl groups excluding tert-OH is 2. The van der Waals surface area contributed by atoms with Crippen LogP contribution in [0.4, 0.5) is 0 Å². The summed E-state index contributed by atoms with van der Waals surface area (Å²) in [4.78, 5) is 0. The van der Waals surface area contributed by atoms with Gasteiger partial charge < -0.3 is 10.2 Å². The summed E-state index contributed by atoms with van der Waals surface area (Å²) < 4.78 is 0. The summed E-state index contributed by atoms with van der Waals surface area (Å²) in [5, 5.41) is 16.9. The number of rotatable bonds is 5. The van der Waals surface area contributed by atoms with Crippen molar-refractivity contribution in [3.05, 3.63) is 0 Å². The lowest BCUT2D eigenvalue weighted by molar-refractivity contribution is 0.285. The van der Waals surface area contributed by atoms with E-state index in [1.807, 2.05) is 0 Å². The van der Waals surface area contributed by atoms with Crippen molar-refractivity contribution in [1.29, 1.82) is 0 Å². The predicted molar refractivity (Wildman–Crippen MR) is 52.8 cm³/mol. The highest BCUT2D eigenvalue weighted by molar-refractivity contribution is 5.25. The van der Waals surface area contributed by atoms with Gasteiger partial charge in [0.05, 0.1) is 0 Å². The highest BCUT2D eigenvalue weighted by Crippen LogP contribution is 1.90. The third kappa shape index (κ3) is 11.0. The van der Waals surface area contributed by atoms with Gasteiger partial charge in [-0.25, -0.2) is 0 Å². The van der Waals surface area contributed by atoms with Crippen molar-refractivity contribution in [2.45, 2.75) is 32.1 Å². The molecule has 0 unspecified atom stereocenters. The monoisotopic (exact) mass is 180 g/mol. The molecule has 0 amide bonds. The van der Waals surface area contributed by atoms with Crippen LogP contribution < -0.4 is 0 Å². The van der Waals surface area contributed by atoms with E-state index in [1.165, 1.54) is 0 Å². The van der Waals surface area contributed by atoms with E-state index in [2.05, 4.69) is 23.7 Å². The molecule has 0 aliphatic rings. The SMILES string of the molecule is OCCCC#CC#CCCCCO. The van der Waals surface area contributed by atoms with E-state index >= 15 is 0 Å². The summed E-state index contributed by atoms with van der Waals surface area (Å²) in [5.74, 6) is 11.2. The van der Waals surface area contributed by atoms with Gasteiger partial charge in [0.1, 0.15) is 0 Å². The summed E-state index contributed by atoms with van der Waals surface area (Å²) in [6.45, 7) is 0.433. The van der Waals surface area contributed by atoms with Crippen LogP contribution in [0.15, 0.2) is 0 Å². The van der Waals surface area contributed by atoms with Crippen molar-refractivity contribution in [3.63, 3.8) is 0 Å². The van der Waals surface area contributed by atoms with E-state index < -0.39 is 0 Å². The molecule has 2 nitrogen and oxygen atoms in total. The van der Waals surface area contributed by atoms with Crippen LogP contribution in [0.25, 0.3) is 0 Å². The zero-order valence-corrected chi connectivity index (χ0v) is 7.84. The van der Waals surface area contributed by atoms with Crippen molar-refractivity contribution >= 4 is 0 Å². The molecular weight excluding hydrogens is 164 g/mol. The second-order valence-electron chi connectivity index (χ2n) is 2.61. The average molecular weight is 180 g/mol. The maximum Gasteiger partial charge on any atom is 0.0440 e. The molecule has 0 saturated carbocycles. The third-order valence-corrected chi connectivity index (χ3v) is 1.41. The molecule has 0 radical (unpaired) electrons. The normalized spacial score (nSPS) is 8.15. The van der Waals surface area contributed by atoms with Crippen LogP contribution in [0.2, 0.25) is 0 Å². The molecule has 0 aromatic heterocycles. The summed E-state index contributed by atoms with van der Waals surface area (Å²) in [7, 11) is 0. The Morgan fingerprint density at radius 2 is 1.23 bits per heavy atom. The van der Waals surface area contributed by atoms with E-state index in [0.717, 1.165) is 25.7 Å². The van der Waals surface area contributed by atoms with Gasteiger partial charge in [-0.3, -0.25) is 0 Å². The van der Waals surface area contributed by atoms with Gasteiger partial charge in [0.25, 0.3) is 0 Å². The molecule has 2 N–H and O–H groups in total. The first-order chi connectivity index (χ1) is 6.41. The molecule has 0 aromatic rings. The molecular formula is C11H16O2. The van der Waals surface area contributed by atoms with Crippen molar-refractivity contribution in [2.75, 3.05) is 13.2 Å². The lowest BCUT2D eigenvalue weighted by Gasteiger charge is -1.86. The number of unbranched alkanes of at least 4 members (excludes halogenated alkanes) is 3. The molecule has 0 rings (SSSR count). The first kappa shape index (κ1) is 12.0. The Balaban J connectivity index is 3.30. The van der Waals surface area contributed by atoms with Gasteiger partial charge in [-0.15, -0.1) is 0 Å². The lowest BCUT2D eigenvalue weighted by atomic mass is 10.2. The standard InChI is InChI=1S/C11H16O2/c12-10-8-6-4-2-1-3-5-7-9-11-13/h12-13H,4,6-11H2. The Morgan fingerprint density at radius 3 is 1.77 bits per heavy atom. The van der Waals surface area contributed by atoms with Gasteiger partial charge in [-0.2, -0.15) is 0 Å². The zero-order chi connectivity index (χ0) is 9.78. The number of aliphatic hydroxyl groups is 2. The largest absolute Gasteiger partial charge is 0.396 e. The molecule has 0 heterocycles. The minimum absolute atomic E-state index is 0.193. The number of hydrogen-bond acceptors (Lipinski definition) is 2. The molecule has 72 valence electrons. The van der Waals surface area contributed by atoms with Crippen molar-refractivity contribution in [3.8, 4) is 23.7 Å². The zero-order valence-electron chi connectivity index (χ0n) is 7.84. The first-order valence-corrected chi connectivity index (χ1v) is 4.59. The minimum Gasteiger partial charge on any atom is -0.396 e. The van der Waals surface area contributed by atoms with Crippen molar-refractivity contribution in [2.24, 2.45) is 0 Å². The molecule has 0 aliphatic carbocycles. The molecule has 0 bridgehead atoms. The Morgan fingerprint density at radius 1 is 0.692 bits per heavy atom. The molecule has 2 heteroatoms. The van der Waals surface area contributed by atoms with Crippen LogP contribution in [0.3, 0.4) is 0 Å². The smallest absolute Gasteiger partial charge is 0.0440 e. The molecule has 0 spiro atoms. The van der Waals surface area contributed by atoms with Crippen LogP contribution in [-0.4, -0.2) is 23.4 Å². The van der Waals surface area contributed by atoms with Crippen LogP contribution in [0.1, 0.15) is 32.1 Å². The highest BCUT2D eigenvalue weighted by atomic mass is 16.3. The van der Waals surface area contributed by atoms with Gasteiger partial charge in [-0.1, -0.05) is 11.8 Å². The summed E-state index contributed by atoms with van der Waals surface area (Å²) in [6, 6.07) is 0. The van der Waals surface area contributed by atoms with Crippen molar-refractivity contribution < 1.29 is 10.2 Å². The van der Waals surface area contributed by atoms with E-state index in [4.69, 9.17) is 10.2 Å². The third-order valence-electron chi connectivity index (χ3n) is 1.41. The summed E-state index contributed by atoms with van der Waals surface area (Å²) in [5.41, 5.74) is 0. The van der Waals surface area contributed by atoms with Gasteiger partial charge >= 0.3 is 0 Å². The molecule has 0 aliphatic heterocycles. The van der Waals surface area contributed by atoms with Crippen LogP contribution in [-0.2, 0) is 0 Å². The van der Waals surface area contributed by atoms with Gasteiger partial charge in [0.2, 0.25) is 0 Å². The topological polar surface area (TPSA) is 40.5 Å². The molecule has 0 aromatic carbocycles. The Bertz CT molecular complexity index is 212. The average Bonchev–Trinajstić information content (AvgIpc) is 2.16. The van der Waals surface area contributed by atoms with Crippen LogP contribution >= 0.6 is 0 Å². The maximum absolute atomic E-state index is 8.47. The van der Waals surface area contributed by atoms with E-state index in [-0.39, 0.29) is 13.2 Å². The van der Waals surface area contributed by atoms with Crippen LogP contribution in [0.5, 0.6) is 0 Å². The molecule has 0 saturated heterocycles. The summed E-state index contributed by atoms with van der Waals surface area (Å²) in [6.07, 6.45) is 3.98.